The molecule has 94 valence electrons. The quantitative estimate of drug-likeness (QED) is 0.881. The fraction of sp³-hybridized carbons (Fsp3) is 0.467. The zero-order chi connectivity index (χ0) is 13.1. The number of nitrogens with one attached hydrogen (secondary N) is 1. The highest BCUT2D eigenvalue weighted by Gasteiger charge is 2.44. The molecule has 3 nitrogen and oxygen atoms in total. The highest BCUT2D eigenvalue weighted by Crippen LogP contribution is 2.47. The van der Waals surface area contributed by atoms with Gasteiger partial charge in [0.15, 0.2) is 0 Å². The number of hydrogen-bond donors (Lipinski definition) is 1. The van der Waals surface area contributed by atoms with Crippen molar-refractivity contribution in [2.75, 3.05) is 0 Å². The Morgan fingerprint density at radius 3 is 2.61 bits per heavy atom. The predicted molar refractivity (Wildman–Crippen MR) is 69.7 cm³/mol. The molecule has 3 atom stereocenters. The first-order chi connectivity index (χ1) is 8.63. The number of carbonyl (C=O) groups is 1. The van der Waals surface area contributed by atoms with Crippen LogP contribution in [0.15, 0.2) is 30.3 Å². The van der Waals surface area contributed by atoms with E-state index in [-0.39, 0.29) is 23.8 Å². The number of rotatable bonds is 4. The second-order valence-corrected chi connectivity index (χ2v) is 5.22. The number of amides is 1. The van der Waals surface area contributed by atoms with E-state index in [1.165, 1.54) is 5.56 Å². The van der Waals surface area contributed by atoms with Crippen molar-refractivity contribution in [1.29, 1.82) is 5.26 Å². The molecule has 18 heavy (non-hydrogen) atoms. The first kappa shape index (κ1) is 12.6. The molecule has 0 spiro atoms. The lowest BCUT2D eigenvalue weighted by Gasteiger charge is -2.14. The average Bonchev–Trinajstić information content (AvgIpc) is 3.16. The molecule has 1 saturated carbocycles. The molecule has 1 fully saturated rings. The standard InChI is InChI=1S/C15H18N2O/c1-10(2)14(9-16)17-15(18)13-8-12(13)11-6-4-3-5-7-11/h3-7,10,12-14H,8H2,1-2H3,(H,17,18). The summed E-state index contributed by atoms with van der Waals surface area (Å²) >= 11 is 0. The second kappa shape index (κ2) is 5.22. The van der Waals surface area contributed by atoms with Crippen molar-refractivity contribution >= 4 is 5.91 Å². The topological polar surface area (TPSA) is 52.9 Å². The highest BCUT2D eigenvalue weighted by molar-refractivity contribution is 5.83. The number of benzene rings is 1. The van der Waals surface area contributed by atoms with Crippen molar-refractivity contribution in [3.8, 4) is 6.07 Å². The van der Waals surface area contributed by atoms with Crippen LogP contribution in [0.2, 0.25) is 0 Å². The lowest BCUT2D eigenvalue weighted by molar-refractivity contribution is -0.123. The van der Waals surface area contributed by atoms with Crippen LogP contribution in [0, 0.1) is 23.2 Å². The second-order valence-electron chi connectivity index (χ2n) is 5.22. The molecule has 1 amide bonds. The van der Waals surface area contributed by atoms with Crippen molar-refractivity contribution < 1.29 is 4.79 Å². The molecule has 1 aliphatic carbocycles. The van der Waals surface area contributed by atoms with Gasteiger partial charge >= 0.3 is 0 Å². The Hall–Kier alpha value is -1.82. The third-order valence-corrected chi connectivity index (χ3v) is 3.46. The van der Waals surface area contributed by atoms with E-state index in [0.29, 0.717) is 5.92 Å². The minimum absolute atomic E-state index is 0.0177. The van der Waals surface area contributed by atoms with E-state index >= 15 is 0 Å². The zero-order valence-electron chi connectivity index (χ0n) is 10.8. The van der Waals surface area contributed by atoms with Gasteiger partial charge in [-0.25, -0.2) is 0 Å². The molecular formula is C15H18N2O. The number of carbonyl (C=O) groups excluding carboxylic acids is 1. The van der Waals surface area contributed by atoms with Gasteiger partial charge in [0.1, 0.15) is 6.04 Å². The summed E-state index contributed by atoms with van der Waals surface area (Å²) in [5.74, 6) is 0.539. The van der Waals surface area contributed by atoms with Gasteiger partial charge in [-0.05, 0) is 23.8 Å². The van der Waals surface area contributed by atoms with E-state index in [2.05, 4.69) is 23.5 Å². The van der Waals surface area contributed by atoms with Gasteiger partial charge in [0.2, 0.25) is 5.91 Å². The van der Waals surface area contributed by atoms with Gasteiger partial charge in [0.05, 0.1) is 6.07 Å². The smallest absolute Gasteiger partial charge is 0.224 e. The van der Waals surface area contributed by atoms with Crippen LogP contribution < -0.4 is 5.32 Å². The van der Waals surface area contributed by atoms with Crippen LogP contribution in [-0.2, 0) is 4.79 Å². The van der Waals surface area contributed by atoms with Crippen LogP contribution in [0.1, 0.15) is 31.7 Å². The lowest BCUT2D eigenvalue weighted by atomic mass is 10.1. The minimum atomic E-state index is -0.380. The summed E-state index contributed by atoms with van der Waals surface area (Å²) in [7, 11) is 0. The van der Waals surface area contributed by atoms with E-state index < -0.39 is 0 Å². The Morgan fingerprint density at radius 1 is 1.39 bits per heavy atom. The maximum Gasteiger partial charge on any atom is 0.224 e. The van der Waals surface area contributed by atoms with Gasteiger partial charge in [-0.15, -0.1) is 0 Å². The first-order valence-electron chi connectivity index (χ1n) is 6.38. The number of hydrogen-bond acceptors (Lipinski definition) is 2. The Kier molecular flexibility index (Phi) is 3.66. The molecule has 0 bridgehead atoms. The van der Waals surface area contributed by atoms with Crippen LogP contribution in [0.4, 0.5) is 0 Å². The van der Waals surface area contributed by atoms with Gasteiger partial charge < -0.3 is 5.32 Å². The van der Waals surface area contributed by atoms with Crippen LogP contribution >= 0.6 is 0 Å². The molecule has 0 aliphatic heterocycles. The Balaban J connectivity index is 1.92. The van der Waals surface area contributed by atoms with Crippen molar-refractivity contribution in [2.45, 2.75) is 32.2 Å². The summed E-state index contributed by atoms with van der Waals surface area (Å²) in [6.45, 7) is 3.88. The van der Waals surface area contributed by atoms with Crippen molar-refractivity contribution in [2.24, 2.45) is 11.8 Å². The summed E-state index contributed by atoms with van der Waals surface area (Å²) < 4.78 is 0. The van der Waals surface area contributed by atoms with Crippen LogP contribution in [-0.4, -0.2) is 11.9 Å². The molecule has 0 radical (unpaired) electrons. The summed E-state index contributed by atoms with van der Waals surface area (Å²) in [6, 6.07) is 11.8. The van der Waals surface area contributed by atoms with Crippen molar-refractivity contribution in [1.82, 2.24) is 5.32 Å². The third-order valence-electron chi connectivity index (χ3n) is 3.46. The molecule has 1 aromatic carbocycles. The maximum absolute atomic E-state index is 12.0. The maximum atomic E-state index is 12.0. The molecule has 2 rings (SSSR count). The molecule has 0 heterocycles. The highest BCUT2D eigenvalue weighted by atomic mass is 16.2. The predicted octanol–water partition coefficient (Wildman–Crippen LogP) is 2.45. The van der Waals surface area contributed by atoms with Gasteiger partial charge in [0, 0.05) is 5.92 Å². The molecule has 3 unspecified atom stereocenters. The van der Waals surface area contributed by atoms with Gasteiger partial charge in [-0.3, -0.25) is 4.79 Å². The van der Waals surface area contributed by atoms with Gasteiger partial charge in [-0.2, -0.15) is 5.26 Å². The SMILES string of the molecule is CC(C)C(C#N)NC(=O)C1CC1c1ccccc1. The summed E-state index contributed by atoms with van der Waals surface area (Å²) in [5.41, 5.74) is 1.22. The molecule has 0 aromatic heterocycles. The third kappa shape index (κ3) is 2.70. The average molecular weight is 242 g/mol. The summed E-state index contributed by atoms with van der Waals surface area (Å²) in [5, 5.41) is 11.8. The summed E-state index contributed by atoms with van der Waals surface area (Å²) in [4.78, 5) is 12.0. The minimum Gasteiger partial charge on any atom is -0.340 e. The fourth-order valence-electron chi connectivity index (χ4n) is 2.16. The molecule has 3 heteroatoms. The van der Waals surface area contributed by atoms with E-state index in [1.54, 1.807) is 0 Å². The largest absolute Gasteiger partial charge is 0.340 e. The van der Waals surface area contributed by atoms with E-state index in [0.717, 1.165) is 6.42 Å². The monoisotopic (exact) mass is 242 g/mol. The first-order valence-corrected chi connectivity index (χ1v) is 6.38. The van der Waals surface area contributed by atoms with Gasteiger partial charge in [-0.1, -0.05) is 44.2 Å². The fourth-order valence-corrected chi connectivity index (χ4v) is 2.16. The number of nitriles is 1. The number of nitrogens with zero attached hydrogens (tertiary/aromatic N) is 1. The van der Waals surface area contributed by atoms with Crippen molar-refractivity contribution in [3.63, 3.8) is 0 Å². The molecule has 1 N–H and O–H groups in total. The molecule has 1 aromatic rings. The molecule has 0 saturated heterocycles. The Labute approximate surface area is 108 Å². The van der Waals surface area contributed by atoms with E-state index in [9.17, 15) is 4.79 Å². The van der Waals surface area contributed by atoms with Crippen LogP contribution in [0.25, 0.3) is 0 Å². The molecule has 1 aliphatic rings. The normalized spacial score (nSPS) is 23.2. The summed E-state index contributed by atoms with van der Waals surface area (Å²) in [6.07, 6.45) is 0.895. The van der Waals surface area contributed by atoms with E-state index in [1.807, 2.05) is 32.0 Å². The van der Waals surface area contributed by atoms with Crippen LogP contribution in [0.5, 0.6) is 0 Å². The van der Waals surface area contributed by atoms with Gasteiger partial charge in [0.25, 0.3) is 0 Å². The Morgan fingerprint density at radius 2 is 2.06 bits per heavy atom. The van der Waals surface area contributed by atoms with E-state index in [4.69, 9.17) is 5.26 Å². The zero-order valence-corrected chi connectivity index (χ0v) is 10.8. The van der Waals surface area contributed by atoms with Crippen LogP contribution in [0.3, 0.4) is 0 Å². The van der Waals surface area contributed by atoms with Crippen molar-refractivity contribution in [3.05, 3.63) is 35.9 Å². The molecular weight excluding hydrogens is 224 g/mol. The Bertz CT molecular complexity index is 461. The lowest BCUT2D eigenvalue weighted by Crippen LogP contribution is -2.38.